The van der Waals surface area contributed by atoms with Gasteiger partial charge in [-0.3, -0.25) is 4.79 Å². The van der Waals surface area contributed by atoms with Gasteiger partial charge in [-0.05, 0) is 18.4 Å². The molecular weight excluding hydrogens is 238 g/mol. The number of hydrogen-bond donors (Lipinski definition) is 1. The highest BCUT2D eigenvalue weighted by Gasteiger charge is 2.35. The minimum absolute atomic E-state index is 0.00452. The molecule has 1 fully saturated rings. The van der Waals surface area contributed by atoms with Gasteiger partial charge in [-0.1, -0.05) is 30.3 Å². The van der Waals surface area contributed by atoms with Crippen LogP contribution in [0.1, 0.15) is 18.4 Å². The summed E-state index contributed by atoms with van der Waals surface area (Å²) in [7, 11) is 0. The predicted molar refractivity (Wildman–Crippen MR) is 67.0 cm³/mol. The van der Waals surface area contributed by atoms with E-state index in [0.29, 0.717) is 13.2 Å². The van der Waals surface area contributed by atoms with Crippen LogP contribution in [0, 0.1) is 0 Å². The van der Waals surface area contributed by atoms with Gasteiger partial charge < -0.3 is 10.1 Å². The largest absolute Gasteiger partial charge is 0.381 e. The molecule has 0 aliphatic carbocycles. The van der Waals surface area contributed by atoms with Crippen LogP contribution in [-0.2, 0) is 15.1 Å². The van der Waals surface area contributed by atoms with Crippen molar-refractivity contribution >= 4 is 17.5 Å². The number of rotatable bonds is 3. The van der Waals surface area contributed by atoms with Crippen molar-refractivity contribution in [2.24, 2.45) is 0 Å². The number of carbonyl (C=O) groups excluding carboxylic acids is 1. The summed E-state index contributed by atoms with van der Waals surface area (Å²) >= 11 is 5.58. The van der Waals surface area contributed by atoms with Crippen LogP contribution in [0.4, 0.5) is 0 Å². The molecule has 0 unspecified atom stereocenters. The van der Waals surface area contributed by atoms with Crippen molar-refractivity contribution in [3.05, 3.63) is 35.9 Å². The van der Waals surface area contributed by atoms with Crippen LogP contribution in [-0.4, -0.2) is 25.0 Å². The molecule has 92 valence electrons. The summed E-state index contributed by atoms with van der Waals surface area (Å²) in [5.74, 6) is -0.132. The van der Waals surface area contributed by atoms with Crippen LogP contribution in [0.2, 0.25) is 0 Å². The summed E-state index contributed by atoms with van der Waals surface area (Å²) in [5, 5.41) is 3.05. The van der Waals surface area contributed by atoms with Gasteiger partial charge in [-0.2, -0.15) is 0 Å². The molecule has 17 heavy (non-hydrogen) atoms. The van der Waals surface area contributed by atoms with Crippen molar-refractivity contribution < 1.29 is 9.53 Å². The SMILES string of the molecule is O=C(CCl)NC1(c2ccccc2)CCOCC1. The van der Waals surface area contributed by atoms with Gasteiger partial charge in [0.25, 0.3) is 0 Å². The summed E-state index contributed by atoms with van der Waals surface area (Å²) in [6, 6.07) is 10.0. The van der Waals surface area contributed by atoms with E-state index in [-0.39, 0.29) is 17.3 Å². The average Bonchev–Trinajstić information content (AvgIpc) is 2.40. The van der Waals surface area contributed by atoms with E-state index in [1.54, 1.807) is 0 Å². The Morgan fingerprint density at radius 3 is 2.53 bits per heavy atom. The number of halogens is 1. The van der Waals surface area contributed by atoms with Crippen LogP contribution in [0.25, 0.3) is 0 Å². The first-order valence-electron chi connectivity index (χ1n) is 5.77. The van der Waals surface area contributed by atoms with Crippen molar-refractivity contribution in [3.63, 3.8) is 0 Å². The summed E-state index contributed by atoms with van der Waals surface area (Å²) in [6.07, 6.45) is 1.58. The number of nitrogens with one attached hydrogen (secondary N) is 1. The number of ether oxygens (including phenoxy) is 1. The maximum atomic E-state index is 11.6. The molecule has 1 aromatic carbocycles. The zero-order valence-corrected chi connectivity index (χ0v) is 10.4. The topological polar surface area (TPSA) is 38.3 Å². The van der Waals surface area contributed by atoms with Gasteiger partial charge in [0, 0.05) is 13.2 Å². The number of carbonyl (C=O) groups is 1. The van der Waals surface area contributed by atoms with Gasteiger partial charge in [0.05, 0.1) is 5.54 Å². The quantitative estimate of drug-likeness (QED) is 0.838. The lowest BCUT2D eigenvalue weighted by Crippen LogP contribution is -2.49. The maximum absolute atomic E-state index is 11.6. The molecule has 1 heterocycles. The minimum Gasteiger partial charge on any atom is -0.381 e. The second kappa shape index (κ2) is 5.52. The second-order valence-electron chi connectivity index (χ2n) is 4.24. The molecule has 0 radical (unpaired) electrons. The Balaban J connectivity index is 2.26. The van der Waals surface area contributed by atoms with Crippen molar-refractivity contribution in [2.75, 3.05) is 19.1 Å². The smallest absolute Gasteiger partial charge is 0.235 e. The van der Waals surface area contributed by atoms with Crippen LogP contribution in [0.3, 0.4) is 0 Å². The predicted octanol–water partition coefficient (Wildman–Crippen LogP) is 2.05. The first-order valence-corrected chi connectivity index (χ1v) is 6.30. The molecule has 1 aliphatic heterocycles. The van der Waals surface area contributed by atoms with Gasteiger partial charge in [0.1, 0.15) is 5.88 Å². The molecule has 0 saturated carbocycles. The lowest BCUT2D eigenvalue weighted by molar-refractivity contribution is -0.122. The summed E-state index contributed by atoms with van der Waals surface area (Å²) in [5.41, 5.74) is 0.813. The maximum Gasteiger partial charge on any atom is 0.235 e. The van der Waals surface area contributed by atoms with Gasteiger partial charge in [0.15, 0.2) is 0 Å². The van der Waals surface area contributed by atoms with E-state index in [4.69, 9.17) is 16.3 Å². The molecule has 0 spiro atoms. The van der Waals surface area contributed by atoms with E-state index in [9.17, 15) is 4.79 Å². The Labute approximate surface area is 106 Å². The van der Waals surface area contributed by atoms with E-state index < -0.39 is 0 Å². The van der Waals surface area contributed by atoms with Crippen molar-refractivity contribution in [1.29, 1.82) is 0 Å². The molecule has 1 aromatic rings. The van der Waals surface area contributed by atoms with Gasteiger partial charge in [-0.15, -0.1) is 11.6 Å². The molecule has 1 amide bonds. The number of hydrogen-bond acceptors (Lipinski definition) is 2. The Morgan fingerprint density at radius 2 is 1.94 bits per heavy atom. The third-order valence-electron chi connectivity index (χ3n) is 3.17. The monoisotopic (exact) mass is 253 g/mol. The fraction of sp³-hybridized carbons (Fsp3) is 0.462. The zero-order valence-electron chi connectivity index (χ0n) is 9.62. The van der Waals surface area contributed by atoms with Gasteiger partial charge >= 0.3 is 0 Å². The highest BCUT2D eigenvalue weighted by molar-refractivity contribution is 6.27. The number of benzene rings is 1. The van der Waals surface area contributed by atoms with E-state index in [1.807, 2.05) is 30.3 Å². The fourth-order valence-corrected chi connectivity index (χ4v) is 2.33. The fourth-order valence-electron chi connectivity index (χ4n) is 2.26. The average molecular weight is 254 g/mol. The third kappa shape index (κ3) is 2.79. The highest BCUT2D eigenvalue weighted by atomic mass is 35.5. The van der Waals surface area contributed by atoms with E-state index in [0.717, 1.165) is 18.4 Å². The first-order chi connectivity index (χ1) is 8.27. The number of amides is 1. The van der Waals surface area contributed by atoms with Crippen LogP contribution in [0.5, 0.6) is 0 Å². The molecule has 0 aromatic heterocycles. The minimum atomic E-state index is -0.314. The van der Waals surface area contributed by atoms with Crippen molar-refractivity contribution in [1.82, 2.24) is 5.32 Å². The van der Waals surface area contributed by atoms with Gasteiger partial charge in [-0.25, -0.2) is 0 Å². The van der Waals surface area contributed by atoms with Gasteiger partial charge in [0.2, 0.25) is 5.91 Å². The Kier molecular flexibility index (Phi) is 4.02. The molecule has 1 aliphatic rings. The normalized spacial score (nSPS) is 18.6. The summed E-state index contributed by atoms with van der Waals surface area (Å²) in [6.45, 7) is 1.33. The molecule has 0 atom stereocenters. The second-order valence-corrected chi connectivity index (χ2v) is 4.51. The summed E-state index contributed by atoms with van der Waals surface area (Å²) in [4.78, 5) is 11.6. The first kappa shape index (κ1) is 12.4. The Bertz CT molecular complexity index is 374. The molecule has 3 nitrogen and oxygen atoms in total. The van der Waals surface area contributed by atoms with E-state index in [1.165, 1.54) is 0 Å². The van der Waals surface area contributed by atoms with E-state index >= 15 is 0 Å². The molecule has 1 N–H and O–H groups in total. The Hall–Kier alpha value is -1.06. The third-order valence-corrected chi connectivity index (χ3v) is 3.42. The molecule has 1 saturated heterocycles. The standard InChI is InChI=1S/C13H16ClNO2/c14-10-12(16)15-13(6-8-17-9-7-13)11-4-2-1-3-5-11/h1-5H,6-10H2,(H,15,16). The molecule has 2 rings (SSSR count). The molecule has 4 heteroatoms. The van der Waals surface area contributed by atoms with E-state index in [2.05, 4.69) is 5.32 Å². The Morgan fingerprint density at radius 1 is 1.29 bits per heavy atom. The van der Waals surface area contributed by atoms with Crippen LogP contribution < -0.4 is 5.32 Å². The highest BCUT2D eigenvalue weighted by Crippen LogP contribution is 2.31. The zero-order chi connectivity index (χ0) is 12.1. The molecule has 0 bridgehead atoms. The van der Waals surface area contributed by atoms with Crippen LogP contribution in [0.15, 0.2) is 30.3 Å². The lowest BCUT2D eigenvalue weighted by atomic mass is 9.82. The summed E-state index contributed by atoms with van der Waals surface area (Å²) < 4.78 is 5.38. The van der Waals surface area contributed by atoms with Crippen LogP contribution >= 0.6 is 11.6 Å². The lowest BCUT2D eigenvalue weighted by Gasteiger charge is -2.38. The van der Waals surface area contributed by atoms with Crippen molar-refractivity contribution in [2.45, 2.75) is 18.4 Å². The number of alkyl halides is 1. The molecular formula is C13H16ClNO2. The van der Waals surface area contributed by atoms with Crippen molar-refractivity contribution in [3.8, 4) is 0 Å².